The van der Waals surface area contributed by atoms with Crippen molar-refractivity contribution in [1.29, 1.82) is 0 Å². The molecule has 0 aliphatic rings. The number of hydrogen-bond acceptors (Lipinski definition) is 6. The number of hydrogen-bond donors (Lipinski definition) is 0. The lowest BCUT2D eigenvalue weighted by Crippen LogP contribution is -2.31. The van der Waals surface area contributed by atoms with E-state index in [9.17, 15) is 0 Å². The first kappa shape index (κ1) is 63.8. The summed E-state index contributed by atoms with van der Waals surface area (Å²) in [5, 5.41) is 15.2. The maximum Gasteiger partial charge on any atom is 0.256 e. The van der Waals surface area contributed by atoms with Crippen molar-refractivity contribution in [1.82, 2.24) is 9.97 Å². The quantitative estimate of drug-likeness (QED) is 0.163. The molecule has 10 aromatic carbocycles. The predicted octanol–water partition coefficient (Wildman–Crippen LogP) is 21.9. The van der Waals surface area contributed by atoms with Gasteiger partial charge in [-0.05, 0) is 153 Å². The fourth-order valence-corrected chi connectivity index (χ4v) is 15.5. The minimum absolute atomic E-state index is 0.690. The molecule has 498 valence electrons. The number of rotatable bonds is 4. The molecule has 0 fully saturated rings. The Kier molecular flexibility index (Phi) is 15.8. The van der Waals surface area contributed by atoms with Crippen molar-refractivity contribution in [3.8, 4) is 45.0 Å². The van der Waals surface area contributed by atoms with Gasteiger partial charge in [-0.3, -0.25) is 0 Å². The summed E-state index contributed by atoms with van der Waals surface area (Å²) in [5.41, 5.74) is 27.9. The minimum Gasteiger partial charge on any atom is -0.449 e. The van der Waals surface area contributed by atoms with Crippen molar-refractivity contribution in [2.24, 2.45) is 28.2 Å². The summed E-state index contributed by atoms with van der Waals surface area (Å²) in [6, 6.07) is 82.4. The molecule has 10 aromatic heterocycles. The number of pyridine rings is 6. The monoisotopic (exact) mass is 1340 g/mol. The number of aromatic nitrogens is 6. The molecule has 0 N–H and O–H groups in total. The highest BCUT2D eigenvalue weighted by molar-refractivity contribution is 6.22. The largest absolute Gasteiger partial charge is 0.449 e. The molecule has 0 aliphatic heterocycles. The van der Waals surface area contributed by atoms with Crippen LogP contribution in [0.3, 0.4) is 0 Å². The maximum absolute atomic E-state index is 6.47. The number of aryl methyl sites for hydroxylation is 11. The first-order valence-electron chi connectivity index (χ1n) is 35.1. The van der Waals surface area contributed by atoms with Gasteiger partial charge in [0.15, 0.2) is 30.4 Å². The number of furan rings is 4. The van der Waals surface area contributed by atoms with Crippen LogP contribution in [0.25, 0.3) is 176 Å². The lowest BCUT2D eigenvalue weighted by Gasteiger charge is -2.07. The summed E-state index contributed by atoms with van der Waals surface area (Å²) >= 11 is 0. The fourth-order valence-electron chi connectivity index (χ4n) is 15.5. The van der Waals surface area contributed by atoms with Crippen LogP contribution in [0.15, 0.2) is 279 Å². The van der Waals surface area contributed by atoms with Crippen LogP contribution in [0.1, 0.15) is 38.9 Å². The fraction of sp³-hybridized carbons (Fsp3) is 0.118. The molecular weight excluding hydrogens is 1270 g/mol. The van der Waals surface area contributed by atoms with E-state index in [1.54, 1.807) is 0 Å². The lowest BCUT2D eigenvalue weighted by atomic mass is 9.98. The van der Waals surface area contributed by atoms with E-state index in [1.165, 1.54) is 104 Å². The SMILES string of the molecule is Cc1ccc(-c2c3oc4cc5ccccc5nc4c3cc[n+]2C)c(C)c1.Cc1ccc(-c2c3oc4ccc5ccccc5c4c3c(C)c[n+]2C)c(C)c1.Cc1ccccc1-c1c2oc3ccc4ccccc4c3c2cc[n+]1C.Cc1ccccc1-c1c2oc3nc4ccccc4cc3c2cc[n+]1C. The third kappa shape index (κ3) is 11.1. The highest BCUT2D eigenvalue weighted by Crippen LogP contribution is 2.43. The highest BCUT2D eigenvalue weighted by Gasteiger charge is 2.29. The number of benzene rings is 10. The van der Waals surface area contributed by atoms with Crippen LogP contribution in [-0.2, 0) is 28.2 Å². The van der Waals surface area contributed by atoms with Crippen molar-refractivity contribution >= 4 is 131 Å². The van der Waals surface area contributed by atoms with E-state index in [2.05, 4.69) is 320 Å². The number of fused-ring (bicyclic) bond motifs is 18. The molecule has 20 rings (SSSR count). The molecular formula is C93H76N6O4+4. The zero-order chi connectivity index (χ0) is 70.5. The molecule has 0 saturated heterocycles. The Labute approximate surface area is 595 Å². The number of nitrogens with zero attached hydrogens (tertiary/aromatic N) is 6. The molecule has 10 nitrogen and oxygen atoms in total. The molecule has 0 atom stereocenters. The Balaban J connectivity index is 0.000000102. The second-order valence-corrected chi connectivity index (χ2v) is 27.6. The van der Waals surface area contributed by atoms with Crippen LogP contribution in [-0.4, -0.2) is 9.97 Å². The van der Waals surface area contributed by atoms with Crippen molar-refractivity contribution in [2.75, 3.05) is 0 Å². The zero-order valence-corrected chi connectivity index (χ0v) is 59.6. The molecule has 0 spiro atoms. The molecule has 0 bridgehead atoms. The first-order chi connectivity index (χ1) is 50.1. The van der Waals surface area contributed by atoms with Gasteiger partial charge in [-0.1, -0.05) is 169 Å². The Hall–Kier alpha value is -12.7. The predicted molar refractivity (Wildman–Crippen MR) is 420 cm³/mol. The zero-order valence-electron chi connectivity index (χ0n) is 59.6. The average Bonchev–Trinajstić information content (AvgIpc) is 1.62. The van der Waals surface area contributed by atoms with Gasteiger partial charge in [-0.25, -0.2) is 9.97 Å². The van der Waals surface area contributed by atoms with E-state index >= 15 is 0 Å². The van der Waals surface area contributed by atoms with Gasteiger partial charge in [0.1, 0.15) is 44.9 Å². The van der Waals surface area contributed by atoms with E-state index in [1.807, 2.05) is 36.4 Å². The second-order valence-electron chi connectivity index (χ2n) is 27.6. The normalized spacial score (nSPS) is 11.6. The van der Waals surface area contributed by atoms with E-state index in [4.69, 9.17) is 27.6 Å². The van der Waals surface area contributed by atoms with Crippen LogP contribution < -0.4 is 18.3 Å². The summed E-state index contributed by atoms with van der Waals surface area (Å²) in [5.74, 6) is 0. The summed E-state index contributed by atoms with van der Waals surface area (Å²) < 4.78 is 34.0. The molecule has 10 heteroatoms. The van der Waals surface area contributed by atoms with E-state index in [0.29, 0.717) is 5.71 Å². The van der Waals surface area contributed by atoms with Crippen LogP contribution in [0, 0.1) is 48.5 Å². The molecule has 103 heavy (non-hydrogen) atoms. The summed E-state index contributed by atoms with van der Waals surface area (Å²) in [4.78, 5) is 9.59. The third-order valence-corrected chi connectivity index (χ3v) is 20.5. The van der Waals surface area contributed by atoms with Gasteiger partial charge < -0.3 is 17.7 Å². The minimum atomic E-state index is 0.690. The maximum atomic E-state index is 6.47. The van der Waals surface area contributed by atoms with E-state index < -0.39 is 0 Å². The average molecular weight is 1340 g/mol. The van der Waals surface area contributed by atoms with Crippen molar-refractivity contribution in [3.05, 3.63) is 300 Å². The summed E-state index contributed by atoms with van der Waals surface area (Å²) in [6.07, 6.45) is 8.52. The first-order valence-corrected chi connectivity index (χ1v) is 35.1. The van der Waals surface area contributed by atoms with Crippen LogP contribution >= 0.6 is 0 Å². The molecule has 0 saturated carbocycles. The van der Waals surface area contributed by atoms with Gasteiger partial charge in [-0.15, -0.1) is 0 Å². The van der Waals surface area contributed by atoms with E-state index in [-0.39, 0.29) is 0 Å². The van der Waals surface area contributed by atoms with Crippen LogP contribution in [0.5, 0.6) is 0 Å². The van der Waals surface area contributed by atoms with Gasteiger partial charge in [0.25, 0.3) is 22.8 Å². The van der Waals surface area contributed by atoms with Gasteiger partial charge in [0, 0.05) is 66.9 Å². The topological polar surface area (TPSA) is 93.9 Å². The lowest BCUT2D eigenvalue weighted by molar-refractivity contribution is -0.659. The van der Waals surface area contributed by atoms with Gasteiger partial charge >= 0.3 is 0 Å². The Morgan fingerprint density at radius 3 is 1.29 bits per heavy atom. The molecule has 0 radical (unpaired) electrons. The Bertz CT molecular complexity index is 6840. The molecule has 0 amide bonds. The summed E-state index contributed by atoms with van der Waals surface area (Å²) in [6.45, 7) is 15.0. The Morgan fingerprint density at radius 1 is 0.272 bits per heavy atom. The van der Waals surface area contributed by atoms with Crippen LogP contribution in [0.4, 0.5) is 0 Å². The Morgan fingerprint density at radius 2 is 0.709 bits per heavy atom. The number of para-hydroxylation sites is 2. The molecule has 0 aliphatic carbocycles. The van der Waals surface area contributed by atoms with Gasteiger partial charge in [0.05, 0.1) is 38.7 Å². The smallest absolute Gasteiger partial charge is 0.256 e. The van der Waals surface area contributed by atoms with Crippen molar-refractivity contribution in [2.45, 2.75) is 48.5 Å². The van der Waals surface area contributed by atoms with Gasteiger partial charge in [0.2, 0.25) is 28.0 Å². The van der Waals surface area contributed by atoms with Crippen molar-refractivity contribution < 1.29 is 35.9 Å². The van der Waals surface area contributed by atoms with Gasteiger partial charge in [-0.2, -0.15) is 18.3 Å². The summed E-state index contributed by atoms with van der Waals surface area (Å²) in [7, 11) is 8.29. The third-order valence-electron chi connectivity index (χ3n) is 20.5. The standard InChI is InChI=1S/C25H22NO.C23H19N2O.C23H18NO.C22H17N2O/c1-15-9-11-19(16(2)13-15)24-25-22(17(3)14-26(24)4)23-20-8-6-5-7-18(20)10-12-21(23)27-25;1-14-8-9-17(15(2)12-14)22-23-18(10-11-25(22)3)21-20(26-23)13-16-6-4-5-7-19(16)24-21;1-15-7-3-5-9-17(15)22-23-19(13-14-24(22)2)21-18-10-6-4-8-16(18)11-12-20(21)25-23;1-14-7-3-5-9-16(14)20-21-17(11-12-24(20)2)18-13-15-8-4-6-10-19(15)23-22(18)25-21/h5-14H,1-4H3;4-13H,1-3H3;3-14H,1-2H3;3-13H,1-2H3/q4*+1. The molecule has 20 aromatic rings. The second kappa shape index (κ2) is 25.5. The molecule has 0 unspecified atom stereocenters. The molecule has 10 heterocycles. The van der Waals surface area contributed by atoms with E-state index in [0.717, 1.165) is 105 Å². The van der Waals surface area contributed by atoms with Crippen LogP contribution in [0.2, 0.25) is 0 Å². The van der Waals surface area contributed by atoms with Crippen molar-refractivity contribution in [3.63, 3.8) is 0 Å². The highest BCUT2D eigenvalue weighted by atomic mass is 16.3.